The fourth-order valence-electron chi connectivity index (χ4n) is 1.66. The molecule has 1 N–H and O–H groups in total. The predicted molar refractivity (Wildman–Crippen MR) is 68.9 cm³/mol. The number of imidazole rings is 1. The summed E-state index contributed by atoms with van der Waals surface area (Å²) in [5.41, 5.74) is 2.06. The minimum absolute atomic E-state index is 0.384. The van der Waals surface area contributed by atoms with Crippen LogP contribution in [0.4, 0.5) is 5.82 Å². The van der Waals surface area contributed by atoms with Crippen LogP contribution in [0, 0.1) is 13.8 Å². The van der Waals surface area contributed by atoms with Gasteiger partial charge in [-0.05, 0) is 13.8 Å². The van der Waals surface area contributed by atoms with Gasteiger partial charge in [-0.3, -0.25) is 4.57 Å². The number of ether oxygens (including phenoxy) is 1. The van der Waals surface area contributed by atoms with E-state index in [2.05, 4.69) is 20.3 Å². The van der Waals surface area contributed by atoms with Gasteiger partial charge in [0.1, 0.15) is 24.6 Å². The smallest absolute Gasteiger partial charge is 0.158 e. The molecule has 0 aromatic carbocycles. The Balaban J connectivity index is 2.49. The zero-order chi connectivity index (χ0) is 13.1. The minimum Gasteiger partial charge on any atom is -0.377 e. The lowest BCUT2D eigenvalue weighted by molar-refractivity contribution is 0.178. The highest BCUT2D eigenvalue weighted by Crippen LogP contribution is 2.15. The molecule has 2 rings (SSSR count). The Morgan fingerprint density at radius 3 is 2.67 bits per heavy atom. The summed E-state index contributed by atoms with van der Waals surface area (Å²) in [6.45, 7) is 4.37. The fraction of sp³-hybridized carbons (Fsp3) is 0.417. The summed E-state index contributed by atoms with van der Waals surface area (Å²) in [5, 5.41) is 3.02. The molecule has 0 radical (unpaired) electrons. The number of hydrogen-bond donors (Lipinski definition) is 1. The molecule has 96 valence electrons. The average molecular weight is 247 g/mol. The lowest BCUT2D eigenvalue weighted by Crippen LogP contribution is -2.07. The Bertz CT molecular complexity index is 549. The van der Waals surface area contributed by atoms with Gasteiger partial charge < -0.3 is 10.1 Å². The van der Waals surface area contributed by atoms with E-state index in [1.165, 1.54) is 0 Å². The number of nitrogens with zero attached hydrogens (tertiary/aromatic N) is 4. The van der Waals surface area contributed by atoms with Crippen molar-refractivity contribution in [1.82, 2.24) is 19.5 Å². The van der Waals surface area contributed by atoms with Crippen LogP contribution in [0.25, 0.3) is 5.82 Å². The first-order chi connectivity index (χ1) is 8.65. The second-order valence-corrected chi connectivity index (χ2v) is 4.00. The monoisotopic (exact) mass is 247 g/mol. The molecule has 0 fully saturated rings. The van der Waals surface area contributed by atoms with Crippen LogP contribution in [-0.4, -0.2) is 33.7 Å². The zero-order valence-electron chi connectivity index (χ0n) is 11.1. The lowest BCUT2D eigenvalue weighted by atomic mass is 10.3. The second-order valence-electron chi connectivity index (χ2n) is 4.00. The largest absolute Gasteiger partial charge is 0.377 e. The molecule has 6 heteroatoms. The zero-order valence-corrected chi connectivity index (χ0v) is 11.1. The van der Waals surface area contributed by atoms with Gasteiger partial charge in [-0.2, -0.15) is 0 Å². The van der Waals surface area contributed by atoms with Gasteiger partial charge in [0.15, 0.2) is 5.82 Å². The molecular formula is C12H17N5O. The van der Waals surface area contributed by atoms with Crippen LogP contribution in [0.15, 0.2) is 12.4 Å². The maximum atomic E-state index is 5.08. The van der Waals surface area contributed by atoms with Gasteiger partial charge in [-0.1, -0.05) is 0 Å². The molecule has 6 nitrogen and oxygen atoms in total. The van der Waals surface area contributed by atoms with E-state index in [0.717, 1.165) is 23.0 Å². The summed E-state index contributed by atoms with van der Waals surface area (Å²) < 4.78 is 7.02. The summed E-state index contributed by atoms with van der Waals surface area (Å²) in [6.07, 6.45) is 1.77. The Hall–Kier alpha value is -1.95. The van der Waals surface area contributed by atoms with Gasteiger partial charge in [-0.25, -0.2) is 15.0 Å². The van der Waals surface area contributed by atoms with Crippen LogP contribution in [-0.2, 0) is 11.3 Å². The third kappa shape index (κ3) is 2.33. The molecule has 0 aliphatic carbocycles. The number of nitrogens with one attached hydrogen (secondary N) is 1. The van der Waals surface area contributed by atoms with E-state index >= 15 is 0 Å². The van der Waals surface area contributed by atoms with Crippen molar-refractivity contribution < 1.29 is 4.74 Å². The van der Waals surface area contributed by atoms with Crippen molar-refractivity contribution in [3.8, 4) is 5.82 Å². The molecule has 0 aliphatic heterocycles. The molecule has 2 aromatic heterocycles. The SMILES string of the molecule is CNc1cc(-n2cnc(C)c2C)nc(COC)n1. The van der Waals surface area contributed by atoms with Crippen molar-refractivity contribution in [2.24, 2.45) is 0 Å². The molecule has 0 spiro atoms. The van der Waals surface area contributed by atoms with Crippen molar-refractivity contribution in [2.45, 2.75) is 20.5 Å². The topological polar surface area (TPSA) is 64.9 Å². The number of methoxy groups -OCH3 is 1. The summed E-state index contributed by atoms with van der Waals surface area (Å²) in [5.74, 6) is 2.20. The molecule has 0 amide bonds. The number of hydrogen-bond acceptors (Lipinski definition) is 5. The van der Waals surface area contributed by atoms with Crippen LogP contribution < -0.4 is 5.32 Å². The van der Waals surface area contributed by atoms with Crippen LogP contribution in [0.2, 0.25) is 0 Å². The van der Waals surface area contributed by atoms with Crippen LogP contribution in [0.1, 0.15) is 17.2 Å². The number of anilines is 1. The van der Waals surface area contributed by atoms with Crippen molar-refractivity contribution in [2.75, 3.05) is 19.5 Å². The van der Waals surface area contributed by atoms with Gasteiger partial charge in [-0.15, -0.1) is 0 Å². The summed E-state index contributed by atoms with van der Waals surface area (Å²) >= 11 is 0. The Labute approximate surface area is 106 Å². The Morgan fingerprint density at radius 2 is 2.11 bits per heavy atom. The summed E-state index contributed by atoms with van der Waals surface area (Å²) in [4.78, 5) is 13.1. The first kappa shape index (κ1) is 12.5. The van der Waals surface area contributed by atoms with Crippen LogP contribution in [0.5, 0.6) is 0 Å². The van der Waals surface area contributed by atoms with Crippen LogP contribution >= 0.6 is 0 Å². The molecule has 0 atom stereocenters. The van der Waals surface area contributed by atoms with Gasteiger partial charge >= 0.3 is 0 Å². The standard InChI is InChI=1S/C12H17N5O/c1-8-9(2)17(7-14-8)12-5-10(13-3)15-11(16-12)6-18-4/h5,7H,6H2,1-4H3,(H,13,15,16). The van der Waals surface area contributed by atoms with E-state index in [-0.39, 0.29) is 0 Å². The molecular weight excluding hydrogens is 230 g/mol. The quantitative estimate of drug-likeness (QED) is 0.886. The first-order valence-corrected chi connectivity index (χ1v) is 5.71. The summed E-state index contributed by atoms with van der Waals surface area (Å²) in [6, 6.07) is 1.88. The predicted octanol–water partition coefficient (Wildman–Crippen LogP) is 1.47. The summed E-state index contributed by atoms with van der Waals surface area (Å²) in [7, 11) is 3.45. The lowest BCUT2D eigenvalue weighted by Gasteiger charge is -2.09. The van der Waals surface area contributed by atoms with Gasteiger partial charge in [0.2, 0.25) is 0 Å². The first-order valence-electron chi connectivity index (χ1n) is 5.71. The van der Waals surface area contributed by atoms with E-state index in [9.17, 15) is 0 Å². The van der Waals surface area contributed by atoms with E-state index in [0.29, 0.717) is 12.4 Å². The minimum atomic E-state index is 0.384. The molecule has 18 heavy (non-hydrogen) atoms. The maximum absolute atomic E-state index is 5.08. The number of aromatic nitrogens is 4. The van der Waals surface area contributed by atoms with E-state index in [4.69, 9.17) is 4.74 Å². The van der Waals surface area contributed by atoms with Gasteiger partial charge in [0.05, 0.1) is 5.69 Å². The Kier molecular flexibility index (Phi) is 3.57. The van der Waals surface area contributed by atoms with Crippen molar-refractivity contribution in [1.29, 1.82) is 0 Å². The molecule has 0 bridgehead atoms. The Morgan fingerprint density at radius 1 is 1.33 bits per heavy atom. The molecule has 2 heterocycles. The molecule has 0 saturated heterocycles. The normalized spacial score (nSPS) is 10.7. The second kappa shape index (κ2) is 5.14. The molecule has 0 saturated carbocycles. The highest BCUT2D eigenvalue weighted by molar-refractivity contribution is 5.42. The fourth-order valence-corrected chi connectivity index (χ4v) is 1.66. The van der Waals surface area contributed by atoms with Crippen molar-refractivity contribution in [3.63, 3.8) is 0 Å². The highest BCUT2D eigenvalue weighted by atomic mass is 16.5. The number of rotatable bonds is 4. The molecule has 0 aliphatic rings. The van der Waals surface area contributed by atoms with E-state index < -0.39 is 0 Å². The third-order valence-electron chi connectivity index (χ3n) is 2.79. The third-order valence-corrected chi connectivity index (χ3v) is 2.79. The van der Waals surface area contributed by atoms with Crippen molar-refractivity contribution >= 4 is 5.82 Å². The van der Waals surface area contributed by atoms with Gasteiger partial charge in [0, 0.05) is 25.9 Å². The number of aryl methyl sites for hydroxylation is 1. The maximum Gasteiger partial charge on any atom is 0.158 e. The average Bonchev–Trinajstić information content (AvgIpc) is 2.70. The van der Waals surface area contributed by atoms with E-state index in [1.54, 1.807) is 13.4 Å². The van der Waals surface area contributed by atoms with Crippen molar-refractivity contribution in [3.05, 3.63) is 29.6 Å². The highest BCUT2D eigenvalue weighted by Gasteiger charge is 2.09. The van der Waals surface area contributed by atoms with Crippen LogP contribution in [0.3, 0.4) is 0 Å². The molecule has 0 unspecified atom stereocenters. The van der Waals surface area contributed by atoms with E-state index in [1.807, 2.05) is 31.5 Å². The molecule has 2 aromatic rings. The van der Waals surface area contributed by atoms with Gasteiger partial charge in [0.25, 0.3) is 0 Å².